The van der Waals surface area contributed by atoms with Crippen LogP contribution in [0.15, 0.2) is 30.5 Å². The molecule has 1 aliphatic rings. The summed E-state index contributed by atoms with van der Waals surface area (Å²) in [6, 6.07) is 4.11. The quantitative estimate of drug-likeness (QED) is 0.143. The van der Waals surface area contributed by atoms with Crippen molar-refractivity contribution < 1.29 is 24.3 Å². The van der Waals surface area contributed by atoms with Gasteiger partial charge in [0.15, 0.2) is 0 Å². The summed E-state index contributed by atoms with van der Waals surface area (Å²) in [5, 5.41) is 15.9. The molecule has 0 saturated carbocycles. The Hall–Kier alpha value is -3.48. The lowest BCUT2D eigenvalue weighted by Gasteiger charge is -2.30. The number of aliphatic carboxylic acids is 1. The highest BCUT2D eigenvalue weighted by molar-refractivity contribution is 5.94. The number of carbonyl (C=O) groups is 4. The molecule has 0 bridgehead atoms. The number of nitrogens with two attached hydrogens (primary N) is 3. The summed E-state index contributed by atoms with van der Waals surface area (Å²) < 4.78 is 0. The van der Waals surface area contributed by atoms with E-state index >= 15 is 0 Å². The number of nitrogens with one attached hydrogen (secondary N) is 3. The lowest BCUT2D eigenvalue weighted by atomic mass is 10.0. The van der Waals surface area contributed by atoms with Gasteiger partial charge in [-0.1, -0.05) is 18.2 Å². The van der Waals surface area contributed by atoms with Gasteiger partial charge in [-0.3, -0.25) is 14.4 Å². The number of carboxylic acids is 1. The van der Waals surface area contributed by atoms with E-state index in [9.17, 15) is 24.3 Å². The summed E-state index contributed by atoms with van der Waals surface area (Å²) in [4.78, 5) is 56.2. The number of benzene rings is 1. The largest absolute Gasteiger partial charge is 0.480 e. The van der Waals surface area contributed by atoms with E-state index < -0.39 is 42.0 Å². The number of likely N-dealkylation sites (tertiary alicyclic amines) is 1. The maximum Gasteiger partial charge on any atom is 0.326 e. The molecule has 220 valence electrons. The molecule has 0 aliphatic carbocycles. The normalized spacial score (nSPS) is 17.4. The maximum absolute atomic E-state index is 13.7. The van der Waals surface area contributed by atoms with Crippen molar-refractivity contribution in [3.63, 3.8) is 0 Å². The molecule has 0 radical (unpaired) electrons. The Labute approximate surface area is 234 Å². The van der Waals surface area contributed by atoms with Crippen LogP contribution in [0.4, 0.5) is 0 Å². The Kier molecular flexibility index (Phi) is 11.9. The second-order valence-corrected chi connectivity index (χ2v) is 10.4. The van der Waals surface area contributed by atoms with E-state index in [1.54, 1.807) is 0 Å². The first kappa shape index (κ1) is 31.1. The van der Waals surface area contributed by atoms with Gasteiger partial charge in [-0.15, -0.1) is 0 Å². The number of nitrogens with zero attached hydrogens (tertiary/aromatic N) is 1. The number of aromatic nitrogens is 1. The lowest BCUT2D eigenvalue weighted by molar-refractivity contribution is -0.145. The second kappa shape index (κ2) is 15.3. The van der Waals surface area contributed by atoms with Crippen LogP contribution in [0.25, 0.3) is 10.9 Å². The lowest BCUT2D eigenvalue weighted by Crippen LogP contribution is -2.57. The molecular formula is C28H43N7O5. The van der Waals surface area contributed by atoms with Gasteiger partial charge in [-0.25, -0.2) is 4.79 Å². The second-order valence-electron chi connectivity index (χ2n) is 10.4. The van der Waals surface area contributed by atoms with Gasteiger partial charge in [0.05, 0.1) is 6.04 Å². The van der Waals surface area contributed by atoms with Gasteiger partial charge in [0.2, 0.25) is 17.7 Å². The van der Waals surface area contributed by atoms with Crippen molar-refractivity contribution in [2.75, 3.05) is 19.6 Å². The van der Waals surface area contributed by atoms with E-state index in [1.165, 1.54) is 4.90 Å². The molecule has 12 heteroatoms. The number of hydrogen-bond donors (Lipinski definition) is 7. The van der Waals surface area contributed by atoms with Gasteiger partial charge in [0.1, 0.15) is 18.1 Å². The summed E-state index contributed by atoms with van der Waals surface area (Å²) in [7, 11) is 0. The van der Waals surface area contributed by atoms with Gasteiger partial charge in [0.25, 0.3) is 0 Å². The van der Waals surface area contributed by atoms with Crippen LogP contribution in [-0.4, -0.2) is 82.5 Å². The molecule has 2 aromatic rings. The molecule has 1 aromatic carbocycles. The first-order valence-corrected chi connectivity index (χ1v) is 14.1. The molecule has 2 heterocycles. The van der Waals surface area contributed by atoms with E-state index in [0.717, 1.165) is 16.5 Å². The zero-order valence-electron chi connectivity index (χ0n) is 22.9. The SMILES string of the molecule is NCCCCC(NC(=O)C1CCCN1C(=O)C(CCCCN)NC(=O)C(N)Cc1c[nH]c2ccccc12)C(=O)O. The molecule has 1 aliphatic heterocycles. The van der Waals surface area contributed by atoms with E-state index in [1.807, 2.05) is 30.5 Å². The van der Waals surface area contributed by atoms with Crippen LogP contribution >= 0.6 is 0 Å². The highest BCUT2D eigenvalue weighted by atomic mass is 16.4. The van der Waals surface area contributed by atoms with E-state index in [0.29, 0.717) is 64.6 Å². The molecule has 3 rings (SSSR count). The van der Waals surface area contributed by atoms with Gasteiger partial charge < -0.3 is 42.8 Å². The number of carbonyl (C=O) groups excluding carboxylic acids is 3. The summed E-state index contributed by atoms with van der Waals surface area (Å²) in [6.07, 6.45) is 6.23. The molecule has 1 aromatic heterocycles. The molecular weight excluding hydrogens is 514 g/mol. The molecule has 12 nitrogen and oxygen atoms in total. The minimum atomic E-state index is -1.13. The number of H-pyrrole nitrogens is 1. The van der Waals surface area contributed by atoms with Gasteiger partial charge >= 0.3 is 5.97 Å². The summed E-state index contributed by atoms with van der Waals surface area (Å²) in [5.74, 6) is -2.47. The standard InChI is InChI=1S/C28H43N7O5/c29-13-5-3-10-22(33-25(36)20(31)16-18-17-32-21-9-2-1-8-19(18)21)27(38)35-15-7-12-24(35)26(37)34-23(28(39)40)11-4-6-14-30/h1-2,8-9,17,20,22-24,32H,3-7,10-16,29-31H2,(H,33,36)(H,34,37)(H,39,40). The molecule has 40 heavy (non-hydrogen) atoms. The number of aromatic amines is 1. The number of para-hydroxylation sites is 1. The third-order valence-electron chi connectivity index (χ3n) is 7.41. The number of hydrogen-bond acceptors (Lipinski definition) is 7. The molecule has 1 saturated heterocycles. The van der Waals surface area contributed by atoms with Crippen LogP contribution < -0.4 is 27.8 Å². The van der Waals surface area contributed by atoms with Crippen LogP contribution in [0.2, 0.25) is 0 Å². The first-order chi connectivity index (χ1) is 19.3. The monoisotopic (exact) mass is 557 g/mol. The van der Waals surface area contributed by atoms with Crippen molar-refractivity contribution in [1.29, 1.82) is 0 Å². The number of rotatable bonds is 16. The summed E-state index contributed by atoms with van der Waals surface area (Å²) in [5.41, 5.74) is 19.3. The maximum atomic E-state index is 13.7. The van der Waals surface area contributed by atoms with Crippen LogP contribution in [0.5, 0.6) is 0 Å². The van der Waals surface area contributed by atoms with Crippen molar-refractivity contribution in [3.05, 3.63) is 36.0 Å². The highest BCUT2D eigenvalue weighted by Gasteiger charge is 2.39. The fourth-order valence-electron chi connectivity index (χ4n) is 5.18. The van der Waals surface area contributed by atoms with E-state index in [-0.39, 0.29) is 18.7 Å². The fraction of sp³-hybridized carbons (Fsp3) is 0.571. The van der Waals surface area contributed by atoms with Crippen molar-refractivity contribution >= 4 is 34.6 Å². The Morgan fingerprint density at radius 1 is 1.00 bits per heavy atom. The van der Waals surface area contributed by atoms with E-state index in [2.05, 4.69) is 15.6 Å². The van der Waals surface area contributed by atoms with Gasteiger partial charge in [-0.2, -0.15) is 0 Å². The molecule has 0 spiro atoms. The number of unbranched alkanes of at least 4 members (excludes halogenated alkanes) is 2. The molecule has 10 N–H and O–H groups in total. The third-order valence-corrected chi connectivity index (χ3v) is 7.41. The minimum Gasteiger partial charge on any atom is -0.480 e. The van der Waals surface area contributed by atoms with Crippen LogP contribution in [0.1, 0.15) is 56.9 Å². The zero-order valence-corrected chi connectivity index (χ0v) is 22.9. The zero-order chi connectivity index (χ0) is 29.1. The predicted octanol–water partition coefficient (Wildman–Crippen LogP) is 0.341. The van der Waals surface area contributed by atoms with Crippen LogP contribution in [0, 0.1) is 0 Å². The Bertz CT molecular complexity index is 1150. The summed E-state index contributed by atoms with van der Waals surface area (Å²) in [6.45, 7) is 1.23. The van der Waals surface area contributed by atoms with Crippen LogP contribution in [0.3, 0.4) is 0 Å². The third kappa shape index (κ3) is 8.26. The van der Waals surface area contributed by atoms with E-state index in [4.69, 9.17) is 17.2 Å². The molecule has 4 atom stereocenters. The van der Waals surface area contributed by atoms with Crippen molar-refractivity contribution in [2.45, 2.75) is 82.0 Å². The average Bonchev–Trinajstić information content (AvgIpc) is 3.59. The summed E-state index contributed by atoms with van der Waals surface area (Å²) >= 11 is 0. The predicted molar refractivity (Wildman–Crippen MR) is 152 cm³/mol. The first-order valence-electron chi connectivity index (χ1n) is 14.1. The number of carboxylic acid groups (broad SMARTS) is 1. The average molecular weight is 558 g/mol. The number of fused-ring (bicyclic) bond motifs is 1. The minimum absolute atomic E-state index is 0.255. The van der Waals surface area contributed by atoms with Crippen molar-refractivity contribution in [2.24, 2.45) is 17.2 Å². The molecule has 1 fully saturated rings. The molecule has 3 amide bonds. The Morgan fingerprint density at radius 3 is 2.35 bits per heavy atom. The fourth-order valence-corrected chi connectivity index (χ4v) is 5.18. The van der Waals surface area contributed by atoms with Gasteiger partial charge in [-0.05, 0) is 82.5 Å². The Balaban J connectivity index is 1.67. The van der Waals surface area contributed by atoms with Crippen molar-refractivity contribution in [1.82, 2.24) is 20.5 Å². The number of amides is 3. The molecule has 4 unspecified atom stereocenters. The van der Waals surface area contributed by atoms with Crippen LogP contribution in [-0.2, 0) is 25.6 Å². The Morgan fingerprint density at radius 2 is 1.68 bits per heavy atom. The highest BCUT2D eigenvalue weighted by Crippen LogP contribution is 2.21. The topological polar surface area (TPSA) is 210 Å². The van der Waals surface area contributed by atoms with Crippen molar-refractivity contribution in [3.8, 4) is 0 Å². The smallest absolute Gasteiger partial charge is 0.326 e. The van der Waals surface area contributed by atoms with Gasteiger partial charge in [0, 0.05) is 23.6 Å².